The molecule has 2 aromatic rings. The molecule has 2 heterocycles. The Morgan fingerprint density at radius 1 is 1.32 bits per heavy atom. The highest BCUT2D eigenvalue weighted by molar-refractivity contribution is 7.91. The zero-order valence-corrected chi connectivity index (χ0v) is 11.5. The first-order chi connectivity index (χ1) is 9.02. The number of aromatic nitrogens is 3. The summed E-state index contributed by atoms with van der Waals surface area (Å²) in [6, 6.07) is 3.62. The van der Waals surface area contributed by atoms with Crippen molar-refractivity contribution >= 4 is 15.5 Å². The van der Waals surface area contributed by atoms with Gasteiger partial charge >= 0.3 is 0 Å². The maximum absolute atomic E-state index is 11.5. The summed E-state index contributed by atoms with van der Waals surface area (Å²) in [5.74, 6) is 0.210. The van der Waals surface area contributed by atoms with Gasteiger partial charge in [-0.25, -0.2) is 8.42 Å². The molecule has 2 aromatic heterocycles. The fourth-order valence-electron chi connectivity index (χ4n) is 1.66. The molecule has 2 rings (SSSR count). The van der Waals surface area contributed by atoms with Crippen molar-refractivity contribution in [3.63, 3.8) is 0 Å². The van der Waals surface area contributed by atoms with Crippen molar-refractivity contribution in [3.8, 4) is 11.3 Å². The first-order valence-corrected chi connectivity index (χ1v) is 7.77. The number of pyridine rings is 1. The summed E-state index contributed by atoms with van der Waals surface area (Å²) in [4.78, 5) is 3.93. The quantitative estimate of drug-likeness (QED) is 0.881. The highest BCUT2D eigenvalue weighted by Crippen LogP contribution is 2.22. The van der Waals surface area contributed by atoms with Crippen LogP contribution in [0.5, 0.6) is 0 Å². The van der Waals surface area contributed by atoms with Gasteiger partial charge in [-0.05, 0) is 12.1 Å². The molecular weight excluding hydrogens is 264 g/mol. The SMILES string of the molecule is CCS(=O)(=O)CCn1cc(N)c(-c2ccncc2)n1. The predicted molar refractivity (Wildman–Crippen MR) is 74.2 cm³/mol. The standard InChI is InChI=1S/C12H16N4O2S/c1-2-19(17,18)8-7-16-9-11(13)12(15-16)10-3-5-14-6-4-10/h3-6,9H,2,7-8,13H2,1H3. The molecule has 0 spiro atoms. The van der Waals surface area contributed by atoms with Crippen LogP contribution < -0.4 is 5.73 Å². The average molecular weight is 280 g/mol. The van der Waals surface area contributed by atoms with Crippen molar-refractivity contribution in [2.45, 2.75) is 13.5 Å². The Morgan fingerprint density at radius 3 is 2.63 bits per heavy atom. The molecule has 0 aliphatic rings. The number of rotatable bonds is 5. The first kappa shape index (κ1) is 13.5. The van der Waals surface area contributed by atoms with Gasteiger partial charge in [-0.2, -0.15) is 5.10 Å². The van der Waals surface area contributed by atoms with Gasteiger partial charge < -0.3 is 5.73 Å². The summed E-state index contributed by atoms with van der Waals surface area (Å²) in [6.07, 6.45) is 4.98. The van der Waals surface area contributed by atoms with Crippen LogP contribution in [0.4, 0.5) is 5.69 Å². The number of hydrogen-bond acceptors (Lipinski definition) is 5. The second-order valence-corrected chi connectivity index (χ2v) is 6.64. The lowest BCUT2D eigenvalue weighted by Gasteiger charge is -2.01. The molecule has 102 valence electrons. The highest BCUT2D eigenvalue weighted by Gasteiger charge is 2.11. The molecule has 7 heteroatoms. The molecule has 0 saturated carbocycles. The lowest BCUT2D eigenvalue weighted by atomic mass is 10.2. The summed E-state index contributed by atoms with van der Waals surface area (Å²) in [6.45, 7) is 1.95. The van der Waals surface area contributed by atoms with E-state index < -0.39 is 9.84 Å². The molecule has 6 nitrogen and oxygen atoms in total. The Hall–Kier alpha value is -1.89. The Balaban J connectivity index is 2.18. The summed E-state index contributed by atoms with van der Waals surface area (Å²) in [5.41, 5.74) is 7.93. The van der Waals surface area contributed by atoms with E-state index >= 15 is 0 Å². The van der Waals surface area contributed by atoms with Crippen molar-refractivity contribution in [3.05, 3.63) is 30.7 Å². The van der Waals surface area contributed by atoms with Gasteiger partial charge in [-0.15, -0.1) is 0 Å². The van der Waals surface area contributed by atoms with Crippen molar-refractivity contribution in [1.82, 2.24) is 14.8 Å². The van der Waals surface area contributed by atoms with Crippen LogP contribution in [0.25, 0.3) is 11.3 Å². The van der Waals surface area contributed by atoms with E-state index in [2.05, 4.69) is 10.1 Å². The zero-order valence-electron chi connectivity index (χ0n) is 10.7. The van der Waals surface area contributed by atoms with Crippen molar-refractivity contribution < 1.29 is 8.42 Å². The highest BCUT2D eigenvalue weighted by atomic mass is 32.2. The smallest absolute Gasteiger partial charge is 0.151 e. The van der Waals surface area contributed by atoms with E-state index in [1.54, 1.807) is 30.2 Å². The van der Waals surface area contributed by atoms with Crippen LogP contribution in [0, 0.1) is 0 Å². The van der Waals surface area contributed by atoms with Gasteiger partial charge in [-0.3, -0.25) is 9.67 Å². The van der Waals surface area contributed by atoms with Crippen molar-refractivity contribution in [2.24, 2.45) is 0 Å². The topological polar surface area (TPSA) is 90.9 Å². The molecular formula is C12H16N4O2S. The summed E-state index contributed by atoms with van der Waals surface area (Å²) < 4.78 is 24.5. The van der Waals surface area contributed by atoms with Crippen LogP contribution in [0.15, 0.2) is 30.7 Å². The molecule has 2 N–H and O–H groups in total. The molecule has 0 unspecified atom stereocenters. The molecule has 0 saturated heterocycles. The van der Waals surface area contributed by atoms with E-state index in [4.69, 9.17) is 5.73 Å². The normalized spacial score (nSPS) is 11.6. The lowest BCUT2D eigenvalue weighted by molar-refractivity contribution is 0.582. The van der Waals surface area contributed by atoms with Crippen LogP contribution in [0.1, 0.15) is 6.92 Å². The van der Waals surface area contributed by atoms with Crippen molar-refractivity contribution in [2.75, 3.05) is 17.2 Å². The largest absolute Gasteiger partial charge is 0.396 e. The van der Waals surface area contributed by atoms with Gasteiger partial charge in [0.1, 0.15) is 5.69 Å². The van der Waals surface area contributed by atoms with E-state index in [1.807, 2.05) is 12.1 Å². The van der Waals surface area contributed by atoms with Crippen LogP contribution in [0.2, 0.25) is 0 Å². The van der Waals surface area contributed by atoms with E-state index in [-0.39, 0.29) is 11.5 Å². The molecule has 0 amide bonds. The van der Waals surface area contributed by atoms with Gasteiger partial charge in [0, 0.05) is 29.9 Å². The van der Waals surface area contributed by atoms with Gasteiger partial charge in [-0.1, -0.05) is 6.92 Å². The molecule has 0 atom stereocenters. The van der Waals surface area contributed by atoms with Crippen LogP contribution in [0.3, 0.4) is 0 Å². The second-order valence-electron chi connectivity index (χ2n) is 4.17. The minimum atomic E-state index is -3.00. The Bertz CT molecular complexity index is 650. The third-order valence-electron chi connectivity index (χ3n) is 2.81. The minimum absolute atomic E-state index is 0.0698. The third-order valence-corrected chi connectivity index (χ3v) is 4.50. The summed E-state index contributed by atoms with van der Waals surface area (Å²) >= 11 is 0. The molecule has 0 aliphatic heterocycles. The van der Waals surface area contributed by atoms with Crippen LogP contribution in [-0.4, -0.2) is 34.7 Å². The zero-order chi connectivity index (χ0) is 13.9. The van der Waals surface area contributed by atoms with Gasteiger partial charge in [0.25, 0.3) is 0 Å². The van der Waals surface area contributed by atoms with E-state index in [0.717, 1.165) is 5.56 Å². The second kappa shape index (κ2) is 5.40. The van der Waals surface area contributed by atoms with Gasteiger partial charge in [0.2, 0.25) is 0 Å². The lowest BCUT2D eigenvalue weighted by Crippen LogP contribution is -2.14. The predicted octanol–water partition coefficient (Wildman–Crippen LogP) is 0.962. The van der Waals surface area contributed by atoms with Crippen molar-refractivity contribution in [1.29, 1.82) is 0 Å². The monoisotopic (exact) mass is 280 g/mol. The summed E-state index contributed by atoms with van der Waals surface area (Å²) in [5, 5.41) is 4.32. The maximum atomic E-state index is 11.5. The molecule has 0 fully saturated rings. The number of nitrogen functional groups attached to an aromatic ring is 1. The molecule has 0 bridgehead atoms. The number of nitrogens with two attached hydrogens (primary N) is 1. The van der Waals surface area contributed by atoms with E-state index in [1.165, 1.54) is 0 Å². The van der Waals surface area contributed by atoms with E-state index in [9.17, 15) is 8.42 Å². The van der Waals surface area contributed by atoms with Crippen LogP contribution in [-0.2, 0) is 16.4 Å². The minimum Gasteiger partial charge on any atom is -0.396 e. The number of anilines is 1. The molecule has 0 radical (unpaired) electrons. The Labute approximate surface area is 112 Å². The first-order valence-electron chi connectivity index (χ1n) is 5.95. The van der Waals surface area contributed by atoms with Crippen LogP contribution >= 0.6 is 0 Å². The molecule has 19 heavy (non-hydrogen) atoms. The number of hydrogen-bond donors (Lipinski definition) is 1. The Morgan fingerprint density at radius 2 is 2.00 bits per heavy atom. The van der Waals surface area contributed by atoms with Gasteiger partial charge in [0.15, 0.2) is 9.84 Å². The number of nitrogens with zero attached hydrogens (tertiary/aromatic N) is 3. The fraction of sp³-hybridized carbons (Fsp3) is 0.333. The maximum Gasteiger partial charge on any atom is 0.151 e. The number of sulfone groups is 1. The Kier molecular flexibility index (Phi) is 3.84. The third kappa shape index (κ3) is 3.31. The fourth-order valence-corrected chi connectivity index (χ4v) is 2.42. The van der Waals surface area contributed by atoms with E-state index in [0.29, 0.717) is 17.9 Å². The molecule has 0 aliphatic carbocycles. The average Bonchev–Trinajstić information content (AvgIpc) is 2.79. The van der Waals surface area contributed by atoms with Gasteiger partial charge in [0.05, 0.1) is 18.0 Å². The number of aryl methyl sites for hydroxylation is 1. The molecule has 0 aromatic carbocycles. The summed E-state index contributed by atoms with van der Waals surface area (Å²) in [7, 11) is -3.00.